The minimum atomic E-state index is -0.339. The Morgan fingerprint density at radius 3 is 2.36 bits per heavy atom. The number of ether oxygens (including phenoxy) is 1. The third-order valence-corrected chi connectivity index (χ3v) is 3.50. The molecule has 0 unspecified atom stereocenters. The first-order valence-corrected chi connectivity index (χ1v) is 8.42. The van der Waals surface area contributed by atoms with Crippen molar-refractivity contribution in [3.8, 4) is 0 Å². The molecule has 1 amide bonds. The van der Waals surface area contributed by atoms with Crippen molar-refractivity contribution >= 4 is 23.3 Å². The lowest BCUT2D eigenvalue weighted by molar-refractivity contribution is 0.0526. The van der Waals surface area contributed by atoms with Crippen molar-refractivity contribution < 1.29 is 14.3 Å². The summed E-state index contributed by atoms with van der Waals surface area (Å²) in [7, 11) is 0. The van der Waals surface area contributed by atoms with Gasteiger partial charge in [-0.3, -0.25) is 4.79 Å². The number of aromatic nitrogens is 1. The van der Waals surface area contributed by atoms with E-state index in [2.05, 4.69) is 22.5 Å². The Labute approximate surface area is 147 Å². The van der Waals surface area contributed by atoms with Crippen LogP contribution in [0.5, 0.6) is 0 Å². The molecule has 0 saturated heterocycles. The molecule has 0 aliphatic rings. The van der Waals surface area contributed by atoms with E-state index in [1.165, 1.54) is 0 Å². The molecule has 1 heterocycles. The maximum atomic E-state index is 11.9. The summed E-state index contributed by atoms with van der Waals surface area (Å²) in [6.07, 6.45) is 3.59. The van der Waals surface area contributed by atoms with Crippen LogP contribution in [0.3, 0.4) is 0 Å². The van der Waals surface area contributed by atoms with E-state index in [1.54, 1.807) is 49.5 Å². The molecule has 2 rings (SSSR count). The molecule has 0 spiro atoms. The van der Waals surface area contributed by atoms with Gasteiger partial charge in [-0.05, 0) is 49.7 Å². The lowest BCUT2D eigenvalue weighted by Crippen LogP contribution is -2.25. The highest BCUT2D eigenvalue weighted by Gasteiger charge is 2.07. The van der Waals surface area contributed by atoms with Crippen LogP contribution in [0.2, 0.25) is 0 Å². The van der Waals surface area contributed by atoms with Crippen LogP contribution >= 0.6 is 0 Å². The summed E-state index contributed by atoms with van der Waals surface area (Å²) in [6.45, 7) is 4.85. The van der Waals surface area contributed by atoms with Gasteiger partial charge in [-0.1, -0.05) is 13.3 Å². The fourth-order valence-corrected chi connectivity index (χ4v) is 2.14. The second-order valence-electron chi connectivity index (χ2n) is 5.46. The van der Waals surface area contributed by atoms with Crippen LogP contribution in [-0.4, -0.2) is 30.0 Å². The number of unbranched alkanes of at least 4 members (excludes halogenated alkanes) is 1. The Morgan fingerprint density at radius 1 is 1.04 bits per heavy atom. The van der Waals surface area contributed by atoms with Gasteiger partial charge in [0.05, 0.1) is 24.1 Å². The minimum Gasteiger partial charge on any atom is -0.462 e. The zero-order valence-electron chi connectivity index (χ0n) is 14.5. The van der Waals surface area contributed by atoms with Gasteiger partial charge in [0.25, 0.3) is 5.91 Å². The number of carbonyl (C=O) groups excluding carboxylic acids is 2. The highest BCUT2D eigenvalue weighted by molar-refractivity contribution is 5.92. The van der Waals surface area contributed by atoms with Crippen molar-refractivity contribution in [2.24, 2.45) is 0 Å². The summed E-state index contributed by atoms with van der Waals surface area (Å²) in [4.78, 5) is 27.7. The third kappa shape index (κ3) is 5.60. The van der Waals surface area contributed by atoms with Crippen LogP contribution in [0.25, 0.3) is 0 Å². The molecular formula is C19H23N3O3. The first kappa shape index (κ1) is 18.4. The monoisotopic (exact) mass is 341 g/mol. The number of benzene rings is 1. The number of pyridine rings is 1. The summed E-state index contributed by atoms with van der Waals surface area (Å²) >= 11 is 0. The number of esters is 1. The molecule has 25 heavy (non-hydrogen) atoms. The van der Waals surface area contributed by atoms with Crippen LogP contribution in [0.1, 0.15) is 47.5 Å². The third-order valence-electron chi connectivity index (χ3n) is 3.50. The number of anilines is 2. The van der Waals surface area contributed by atoms with Gasteiger partial charge < -0.3 is 15.4 Å². The fourth-order valence-electron chi connectivity index (χ4n) is 2.14. The van der Waals surface area contributed by atoms with Gasteiger partial charge in [-0.2, -0.15) is 0 Å². The van der Waals surface area contributed by atoms with Gasteiger partial charge in [-0.15, -0.1) is 0 Å². The highest BCUT2D eigenvalue weighted by atomic mass is 16.5. The molecule has 0 atom stereocenters. The Morgan fingerprint density at radius 2 is 1.76 bits per heavy atom. The van der Waals surface area contributed by atoms with Gasteiger partial charge >= 0.3 is 5.97 Å². The second kappa shape index (κ2) is 9.42. The largest absolute Gasteiger partial charge is 0.462 e. The first-order chi connectivity index (χ1) is 12.1. The van der Waals surface area contributed by atoms with E-state index in [0.717, 1.165) is 24.2 Å². The Balaban J connectivity index is 1.94. The summed E-state index contributed by atoms with van der Waals surface area (Å²) in [5.74, 6) is -0.507. The molecule has 0 fully saturated rings. The lowest BCUT2D eigenvalue weighted by atomic mass is 10.2. The Bertz CT molecular complexity index is 697. The van der Waals surface area contributed by atoms with E-state index in [-0.39, 0.29) is 11.9 Å². The van der Waals surface area contributed by atoms with Crippen LogP contribution in [-0.2, 0) is 4.74 Å². The van der Waals surface area contributed by atoms with E-state index in [4.69, 9.17) is 4.74 Å². The second-order valence-corrected chi connectivity index (χ2v) is 5.46. The molecule has 0 bridgehead atoms. The van der Waals surface area contributed by atoms with E-state index in [9.17, 15) is 9.59 Å². The molecule has 132 valence electrons. The summed E-state index contributed by atoms with van der Waals surface area (Å²) in [5.41, 5.74) is 2.47. The summed E-state index contributed by atoms with van der Waals surface area (Å²) in [6, 6.07) is 10.4. The van der Waals surface area contributed by atoms with Crippen molar-refractivity contribution in [3.05, 3.63) is 53.9 Å². The van der Waals surface area contributed by atoms with Crippen LogP contribution in [0, 0.1) is 0 Å². The maximum absolute atomic E-state index is 11.9. The minimum absolute atomic E-state index is 0.168. The number of hydrogen-bond donors (Lipinski definition) is 2. The number of rotatable bonds is 8. The molecule has 1 aromatic carbocycles. The summed E-state index contributed by atoms with van der Waals surface area (Å²) < 4.78 is 4.95. The molecule has 2 aromatic rings. The van der Waals surface area contributed by atoms with Crippen LogP contribution < -0.4 is 10.6 Å². The van der Waals surface area contributed by atoms with Crippen molar-refractivity contribution in [1.29, 1.82) is 0 Å². The molecule has 0 radical (unpaired) electrons. The maximum Gasteiger partial charge on any atom is 0.338 e. The number of hydrogen-bond acceptors (Lipinski definition) is 5. The Hall–Kier alpha value is -2.89. The van der Waals surface area contributed by atoms with Crippen molar-refractivity contribution in [2.45, 2.75) is 26.7 Å². The Kier molecular flexibility index (Phi) is 6.95. The topological polar surface area (TPSA) is 80.3 Å². The number of amides is 1. The summed E-state index contributed by atoms with van der Waals surface area (Å²) in [5, 5.41) is 6.00. The van der Waals surface area contributed by atoms with Crippen LogP contribution in [0.15, 0.2) is 42.6 Å². The van der Waals surface area contributed by atoms with E-state index >= 15 is 0 Å². The van der Waals surface area contributed by atoms with Crippen LogP contribution in [0.4, 0.5) is 11.4 Å². The molecule has 0 saturated carbocycles. The fraction of sp³-hybridized carbons (Fsp3) is 0.316. The number of nitrogens with one attached hydrogen (secondary N) is 2. The van der Waals surface area contributed by atoms with Crippen molar-refractivity contribution in [1.82, 2.24) is 10.3 Å². The molecule has 1 aromatic heterocycles. The van der Waals surface area contributed by atoms with Crippen molar-refractivity contribution in [2.75, 3.05) is 18.5 Å². The SMILES string of the molecule is CCCCNC(=O)c1ccc(Nc2ccc(C(=O)OCC)cc2)cn1. The van der Waals surface area contributed by atoms with E-state index in [0.29, 0.717) is 24.4 Å². The van der Waals surface area contributed by atoms with Crippen molar-refractivity contribution in [3.63, 3.8) is 0 Å². The molecular weight excluding hydrogens is 318 g/mol. The molecule has 6 nitrogen and oxygen atoms in total. The predicted octanol–water partition coefficient (Wildman–Crippen LogP) is 3.53. The first-order valence-electron chi connectivity index (χ1n) is 8.42. The lowest BCUT2D eigenvalue weighted by Gasteiger charge is -2.08. The zero-order chi connectivity index (χ0) is 18.1. The van der Waals surface area contributed by atoms with Gasteiger partial charge in [0.2, 0.25) is 0 Å². The average molecular weight is 341 g/mol. The van der Waals surface area contributed by atoms with Gasteiger partial charge in [0.15, 0.2) is 0 Å². The standard InChI is InChI=1S/C19H23N3O3/c1-3-5-12-20-18(23)17-11-10-16(13-21-17)22-15-8-6-14(7-9-15)19(24)25-4-2/h6-11,13,22H,3-5,12H2,1-2H3,(H,20,23). The smallest absolute Gasteiger partial charge is 0.338 e. The van der Waals surface area contributed by atoms with Gasteiger partial charge in [0.1, 0.15) is 5.69 Å². The normalized spacial score (nSPS) is 10.2. The van der Waals surface area contributed by atoms with E-state index in [1.807, 2.05) is 0 Å². The van der Waals surface area contributed by atoms with Gasteiger partial charge in [0, 0.05) is 12.2 Å². The van der Waals surface area contributed by atoms with E-state index < -0.39 is 0 Å². The molecule has 0 aliphatic carbocycles. The van der Waals surface area contributed by atoms with Gasteiger partial charge in [-0.25, -0.2) is 9.78 Å². The molecule has 0 aliphatic heterocycles. The number of carbonyl (C=O) groups is 2. The quantitative estimate of drug-likeness (QED) is 0.567. The number of nitrogens with zero attached hydrogens (tertiary/aromatic N) is 1. The highest BCUT2D eigenvalue weighted by Crippen LogP contribution is 2.17. The molecule has 2 N–H and O–H groups in total. The molecule has 6 heteroatoms. The predicted molar refractivity (Wildman–Crippen MR) is 97.2 cm³/mol. The zero-order valence-corrected chi connectivity index (χ0v) is 14.5. The average Bonchev–Trinajstić information content (AvgIpc) is 2.63.